The summed E-state index contributed by atoms with van der Waals surface area (Å²) in [4.78, 5) is 5.08. The van der Waals surface area contributed by atoms with E-state index >= 15 is 0 Å². The molecule has 0 N–H and O–H groups in total. The summed E-state index contributed by atoms with van der Waals surface area (Å²) in [7, 11) is 0. The largest absolute Gasteiger partial charge is 0.345 e. The molecule has 1 aliphatic rings. The minimum atomic E-state index is 0.0208. The van der Waals surface area contributed by atoms with Crippen molar-refractivity contribution in [1.82, 2.24) is 9.80 Å². The summed E-state index contributed by atoms with van der Waals surface area (Å²) in [6.45, 7) is 9.27. The molecule has 1 rings (SSSR count). The Morgan fingerprint density at radius 2 is 0.750 bits per heavy atom. The van der Waals surface area contributed by atoms with Gasteiger partial charge in [-0.1, -0.05) is 136 Å². The molecule has 32 heavy (non-hydrogen) atoms. The zero-order chi connectivity index (χ0) is 23.3. The van der Waals surface area contributed by atoms with E-state index in [2.05, 4.69) is 58.9 Å². The normalized spacial score (nSPS) is 18.2. The standard InChI is InChI=1S/C29H57BrN2/c1-4-7-9-11-13-14-15-16-17-18-19-20-22-24-26-32-28-27-31(29(32,30)6-3)25-23-21-12-10-8-5-2/h27-28H,4-26H2,1-3H3. The number of hydrogen-bond acceptors (Lipinski definition) is 2. The quantitative estimate of drug-likeness (QED) is 0.0762. The maximum Gasteiger partial charge on any atom is 0.169 e. The maximum absolute atomic E-state index is 4.10. The van der Waals surface area contributed by atoms with Gasteiger partial charge in [-0.3, -0.25) is 0 Å². The van der Waals surface area contributed by atoms with E-state index in [1.54, 1.807) is 0 Å². The maximum atomic E-state index is 4.10. The van der Waals surface area contributed by atoms with E-state index in [1.807, 2.05) is 0 Å². The molecule has 2 nitrogen and oxygen atoms in total. The van der Waals surface area contributed by atoms with Crippen LogP contribution in [0.4, 0.5) is 0 Å². The van der Waals surface area contributed by atoms with Crippen LogP contribution in [0.1, 0.15) is 156 Å². The summed E-state index contributed by atoms with van der Waals surface area (Å²) in [6, 6.07) is 0. The van der Waals surface area contributed by atoms with Gasteiger partial charge in [0.2, 0.25) is 0 Å². The molecule has 190 valence electrons. The molecule has 3 heteroatoms. The van der Waals surface area contributed by atoms with E-state index in [4.69, 9.17) is 0 Å². The lowest BCUT2D eigenvalue weighted by molar-refractivity contribution is 0.117. The molecule has 0 radical (unpaired) electrons. The first-order valence-electron chi connectivity index (χ1n) is 14.6. The lowest BCUT2D eigenvalue weighted by atomic mass is 10.0. The number of hydrogen-bond donors (Lipinski definition) is 0. The molecular formula is C29H57BrN2. The molecular weight excluding hydrogens is 456 g/mol. The predicted molar refractivity (Wildman–Crippen MR) is 148 cm³/mol. The second-order valence-corrected chi connectivity index (χ2v) is 11.4. The van der Waals surface area contributed by atoms with Crippen LogP contribution in [0.2, 0.25) is 0 Å². The number of rotatable bonds is 23. The molecule has 1 heterocycles. The van der Waals surface area contributed by atoms with Crippen LogP contribution >= 0.6 is 15.9 Å². The monoisotopic (exact) mass is 512 g/mol. The van der Waals surface area contributed by atoms with Crippen molar-refractivity contribution in [3.05, 3.63) is 12.4 Å². The van der Waals surface area contributed by atoms with E-state index in [0.717, 1.165) is 6.42 Å². The van der Waals surface area contributed by atoms with Crippen LogP contribution in [0.25, 0.3) is 0 Å². The van der Waals surface area contributed by atoms with Gasteiger partial charge in [0.1, 0.15) is 0 Å². The van der Waals surface area contributed by atoms with Crippen LogP contribution in [0.3, 0.4) is 0 Å². The molecule has 1 unspecified atom stereocenters. The molecule has 0 aromatic heterocycles. The second kappa shape index (κ2) is 20.2. The van der Waals surface area contributed by atoms with Crippen LogP contribution in [-0.4, -0.2) is 27.5 Å². The third kappa shape index (κ3) is 12.9. The van der Waals surface area contributed by atoms with Gasteiger partial charge >= 0.3 is 0 Å². The SMILES string of the molecule is CCCCCCCCCCCCCCCCN1C=CN(CCCCCCCC)C1(Br)CC. The Morgan fingerprint density at radius 3 is 1.03 bits per heavy atom. The minimum absolute atomic E-state index is 0.0208. The molecule has 0 bridgehead atoms. The second-order valence-electron chi connectivity index (χ2n) is 10.1. The molecule has 0 aliphatic carbocycles. The highest BCUT2D eigenvalue weighted by molar-refractivity contribution is 9.10. The number of alkyl halides is 1. The van der Waals surface area contributed by atoms with Crippen LogP contribution < -0.4 is 0 Å². The number of nitrogens with zero attached hydrogens (tertiary/aromatic N) is 2. The highest BCUT2D eigenvalue weighted by atomic mass is 79.9. The van der Waals surface area contributed by atoms with Gasteiger partial charge in [0.05, 0.1) is 0 Å². The van der Waals surface area contributed by atoms with E-state index in [1.165, 1.54) is 142 Å². The zero-order valence-electron chi connectivity index (χ0n) is 22.2. The minimum Gasteiger partial charge on any atom is -0.345 e. The topological polar surface area (TPSA) is 6.48 Å². The third-order valence-electron chi connectivity index (χ3n) is 7.26. The Morgan fingerprint density at radius 1 is 0.469 bits per heavy atom. The van der Waals surface area contributed by atoms with Gasteiger partial charge in [-0.05, 0) is 35.2 Å². The van der Waals surface area contributed by atoms with Gasteiger partial charge in [-0.2, -0.15) is 0 Å². The molecule has 0 fully saturated rings. The Labute approximate surface area is 211 Å². The molecule has 0 saturated carbocycles. The summed E-state index contributed by atoms with van der Waals surface area (Å²) < 4.78 is 0.0208. The Bertz CT molecular complexity index is 439. The van der Waals surface area contributed by atoms with Crippen molar-refractivity contribution < 1.29 is 0 Å². The van der Waals surface area contributed by atoms with E-state index in [-0.39, 0.29) is 4.57 Å². The summed E-state index contributed by atoms with van der Waals surface area (Å²) >= 11 is 4.10. The first-order chi connectivity index (χ1) is 15.7. The highest BCUT2D eigenvalue weighted by Gasteiger charge is 2.38. The Kier molecular flexibility index (Phi) is 18.9. The van der Waals surface area contributed by atoms with E-state index in [0.29, 0.717) is 0 Å². The van der Waals surface area contributed by atoms with E-state index < -0.39 is 0 Å². The van der Waals surface area contributed by atoms with Crippen molar-refractivity contribution >= 4 is 15.9 Å². The fourth-order valence-corrected chi connectivity index (χ4v) is 5.58. The lowest BCUT2D eigenvalue weighted by Crippen LogP contribution is -2.48. The summed E-state index contributed by atoms with van der Waals surface area (Å²) in [5, 5.41) is 0. The van der Waals surface area contributed by atoms with Gasteiger partial charge < -0.3 is 9.80 Å². The van der Waals surface area contributed by atoms with Gasteiger partial charge in [0.15, 0.2) is 4.57 Å². The molecule has 0 spiro atoms. The van der Waals surface area contributed by atoms with Crippen molar-refractivity contribution in [2.45, 2.75) is 160 Å². The van der Waals surface area contributed by atoms with Crippen molar-refractivity contribution in [2.75, 3.05) is 13.1 Å². The molecule has 1 atom stereocenters. The van der Waals surface area contributed by atoms with Crippen LogP contribution in [0.5, 0.6) is 0 Å². The summed E-state index contributed by atoms with van der Waals surface area (Å²) in [5.74, 6) is 0. The van der Waals surface area contributed by atoms with Crippen molar-refractivity contribution in [2.24, 2.45) is 0 Å². The van der Waals surface area contributed by atoms with Crippen molar-refractivity contribution in [1.29, 1.82) is 0 Å². The zero-order valence-corrected chi connectivity index (χ0v) is 23.8. The number of unbranched alkanes of at least 4 members (excludes halogenated alkanes) is 18. The average Bonchev–Trinajstić information content (AvgIpc) is 3.12. The smallest absolute Gasteiger partial charge is 0.169 e. The average molecular weight is 514 g/mol. The molecule has 0 saturated heterocycles. The van der Waals surface area contributed by atoms with Crippen LogP contribution in [-0.2, 0) is 0 Å². The summed E-state index contributed by atoms with van der Waals surface area (Å²) in [6.07, 6.45) is 34.0. The predicted octanol–water partition coefficient (Wildman–Crippen LogP) is 10.4. The Hall–Kier alpha value is -0.180. The molecule has 0 aromatic rings. The third-order valence-corrected chi connectivity index (χ3v) is 8.73. The van der Waals surface area contributed by atoms with Crippen LogP contribution in [0.15, 0.2) is 12.4 Å². The summed E-state index contributed by atoms with van der Waals surface area (Å²) in [5.41, 5.74) is 0. The van der Waals surface area contributed by atoms with Crippen LogP contribution in [0, 0.1) is 0 Å². The van der Waals surface area contributed by atoms with Gasteiger partial charge in [0.25, 0.3) is 0 Å². The fourth-order valence-electron chi connectivity index (χ4n) is 4.99. The lowest BCUT2D eigenvalue weighted by Gasteiger charge is -2.41. The molecule has 0 aromatic carbocycles. The van der Waals surface area contributed by atoms with Gasteiger partial charge in [-0.15, -0.1) is 0 Å². The fraction of sp³-hybridized carbons (Fsp3) is 0.931. The molecule has 1 aliphatic heterocycles. The van der Waals surface area contributed by atoms with Crippen molar-refractivity contribution in [3.63, 3.8) is 0 Å². The Balaban J connectivity index is 2.01. The van der Waals surface area contributed by atoms with E-state index in [9.17, 15) is 0 Å². The van der Waals surface area contributed by atoms with Crippen molar-refractivity contribution in [3.8, 4) is 0 Å². The molecule has 0 amide bonds. The highest BCUT2D eigenvalue weighted by Crippen LogP contribution is 2.37. The van der Waals surface area contributed by atoms with Gasteiger partial charge in [0, 0.05) is 25.5 Å². The first-order valence-corrected chi connectivity index (χ1v) is 15.4. The number of halogens is 1. The first kappa shape index (κ1) is 29.9. The van der Waals surface area contributed by atoms with Gasteiger partial charge in [-0.25, -0.2) is 0 Å².